The van der Waals surface area contributed by atoms with Crippen LogP contribution in [-0.2, 0) is 32.0 Å². The third-order valence-corrected chi connectivity index (χ3v) is 5.50. The topological polar surface area (TPSA) is 211 Å². The van der Waals surface area contributed by atoms with Crippen molar-refractivity contribution in [3.8, 4) is 5.75 Å². The van der Waals surface area contributed by atoms with E-state index < -0.39 is 60.6 Å². The molecule has 0 aromatic heterocycles. The van der Waals surface area contributed by atoms with Crippen molar-refractivity contribution in [2.75, 3.05) is 6.61 Å². The van der Waals surface area contributed by atoms with Crippen LogP contribution >= 0.6 is 0 Å². The molecule has 0 saturated carbocycles. The molecule has 200 valence electrons. The van der Waals surface area contributed by atoms with Crippen LogP contribution < -0.4 is 21.7 Å². The fourth-order valence-electron chi connectivity index (χ4n) is 3.42. The molecule has 0 spiro atoms. The molecule has 0 bridgehead atoms. The molecule has 37 heavy (non-hydrogen) atoms. The summed E-state index contributed by atoms with van der Waals surface area (Å²) in [5, 5.41) is 45.4. The highest BCUT2D eigenvalue weighted by atomic mass is 16.4. The minimum atomic E-state index is -1.55. The Morgan fingerprint density at radius 2 is 1.38 bits per heavy atom. The second-order valence-electron chi connectivity index (χ2n) is 8.54. The van der Waals surface area contributed by atoms with Crippen LogP contribution in [0.25, 0.3) is 0 Å². The second-order valence-corrected chi connectivity index (χ2v) is 8.54. The molecule has 12 heteroatoms. The minimum absolute atomic E-state index is 0.0285. The van der Waals surface area contributed by atoms with Gasteiger partial charge in [-0.3, -0.25) is 14.4 Å². The monoisotopic (exact) mass is 516 g/mol. The molecule has 0 radical (unpaired) electrons. The number of carbonyl (C=O) groups excluding carboxylic acids is 3. The van der Waals surface area contributed by atoms with Gasteiger partial charge in [0.2, 0.25) is 17.7 Å². The van der Waals surface area contributed by atoms with Gasteiger partial charge >= 0.3 is 5.97 Å². The Morgan fingerprint density at radius 3 is 1.92 bits per heavy atom. The van der Waals surface area contributed by atoms with Gasteiger partial charge in [-0.15, -0.1) is 0 Å². The zero-order valence-corrected chi connectivity index (χ0v) is 20.2. The lowest BCUT2D eigenvalue weighted by Gasteiger charge is -2.25. The van der Waals surface area contributed by atoms with E-state index in [1.807, 2.05) is 0 Å². The van der Waals surface area contributed by atoms with Gasteiger partial charge in [-0.2, -0.15) is 0 Å². The number of aromatic hydroxyl groups is 1. The summed E-state index contributed by atoms with van der Waals surface area (Å²) in [4.78, 5) is 49.6. The van der Waals surface area contributed by atoms with Crippen LogP contribution in [0, 0.1) is 0 Å². The summed E-state index contributed by atoms with van der Waals surface area (Å²) >= 11 is 0. The van der Waals surface area contributed by atoms with Crippen LogP contribution in [0.1, 0.15) is 18.1 Å². The molecule has 3 amide bonds. The van der Waals surface area contributed by atoms with Gasteiger partial charge in [-0.25, -0.2) is 4.79 Å². The molecular formula is C25H32N4O8. The summed E-state index contributed by atoms with van der Waals surface area (Å²) in [6, 6.07) is 9.11. The standard InChI is InChI=1S/C25H32N4O8/c1-14(31)21(29-22(33)18(26)11-16-7-9-17(32)10-8-16)24(35)28-20(13-30)23(34)27-19(25(36)37)12-15-5-3-2-4-6-15/h2-10,14,18-21,30-32H,11-13,26H2,1H3,(H,27,34)(H,28,35)(H,29,33)(H,36,37). The van der Waals surface area contributed by atoms with Crippen molar-refractivity contribution in [3.05, 3.63) is 65.7 Å². The number of nitrogens with one attached hydrogen (secondary N) is 3. The molecule has 9 N–H and O–H groups in total. The van der Waals surface area contributed by atoms with E-state index in [2.05, 4.69) is 16.0 Å². The maximum atomic E-state index is 12.8. The lowest BCUT2D eigenvalue weighted by atomic mass is 10.0. The van der Waals surface area contributed by atoms with Crippen LogP contribution in [0.3, 0.4) is 0 Å². The van der Waals surface area contributed by atoms with Crippen LogP contribution in [0.5, 0.6) is 5.75 Å². The number of nitrogens with two attached hydrogens (primary N) is 1. The number of carboxylic acids is 1. The first-order valence-corrected chi connectivity index (χ1v) is 11.5. The molecular weight excluding hydrogens is 484 g/mol. The number of rotatable bonds is 13. The van der Waals surface area contributed by atoms with Gasteiger partial charge in [0.15, 0.2) is 0 Å². The number of phenols is 1. The number of hydrogen-bond donors (Lipinski definition) is 8. The highest BCUT2D eigenvalue weighted by Crippen LogP contribution is 2.11. The van der Waals surface area contributed by atoms with Crippen LogP contribution in [0.4, 0.5) is 0 Å². The van der Waals surface area contributed by atoms with Crippen molar-refractivity contribution >= 4 is 23.7 Å². The summed E-state index contributed by atoms with van der Waals surface area (Å²) in [6.45, 7) is 0.375. The number of phenolic OH excluding ortho intramolecular Hbond substituents is 1. The second kappa shape index (κ2) is 13.9. The van der Waals surface area contributed by atoms with Crippen LogP contribution in [-0.4, -0.2) is 81.0 Å². The molecule has 0 heterocycles. The molecule has 2 rings (SSSR count). The number of aliphatic carboxylic acids is 1. The van der Waals surface area contributed by atoms with Gasteiger partial charge in [-0.05, 0) is 36.6 Å². The summed E-state index contributed by atoms with van der Waals surface area (Å²) in [6.07, 6.45) is -1.34. The Bertz CT molecular complexity index is 1060. The number of aliphatic hydroxyl groups is 2. The average molecular weight is 517 g/mol. The quantitative estimate of drug-likeness (QED) is 0.154. The molecule has 2 aromatic rings. The number of aliphatic hydroxyl groups excluding tert-OH is 2. The van der Waals surface area contributed by atoms with Gasteiger partial charge in [0.05, 0.1) is 18.8 Å². The van der Waals surface area contributed by atoms with E-state index in [1.165, 1.54) is 19.1 Å². The maximum absolute atomic E-state index is 12.8. The lowest BCUT2D eigenvalue weighted by Crippen LogP contribution is -2.60. The highest BCUT2D eigenvalue weighted by molar-refractivity contribution is 5.94. The Kier molecular flexibility index (Phi) is 11.0. The Hall–Kier alpha value is -4.00. The number of carbonyl (C=O) groups is 4. The highest BCUT2D eigenvalue weighted by Gasteiger charge is 2.32. The fraction of sp³-hybridized carbons (Fsp3) is 0.360. The Morgan fingerprint density at radius 1 is 0.811 bits per heavy atom. The van der Waals surface area contributed by atoms with E-state index in [0.29, 0.717) is 11.1 Å². The van der Waals surface area contributed by atoms with Crippen molar-refractivity contribution in [2.45, 2.75) is 50.0 Å². The number of amides is 3. The van der Waals surface area contributed by atoms with E-state index in [9.17, 15) is 39.6 Å². The molecule has 0 aliphatic rings. The van der Waals surface area contributed by atoms with Crippen molar-refractivity contribution in [1.82, 2.24) is 16.0 Å². The molecule has 5 atom stereocenters. The zero-order chi connectivity index (χ0) is 27.5. The van der Waals surface area contributed by atoms with E-state index in [-0.39, 0.29) is 18.6 Å². The molecule has 2 aromatic carbocycles. The first-order chi connectivity index (χ1) is 17.5. The van der Waals surface area contributed by atoms with Crippen molar-refractivity contribution in [2.24, 2.45) is 5.73 Å². The van der Waals surface area contributed by atoms with Crippen molar-refractivity contribution < 1.29 is 39.6 Å². The minimum Gasteiger partial charge on any atom is -0.508 e. The van der Waals surface area contributed by atoms with E-state index in [1.54, 1.807) is 42.5 Å². The normalized spacial score (nSPS) is 14.9. The summed E-state index contributed by atoms with van der Waals surface area (Å²) in [7, 11) is 0. The van der Waals surface area contributed by atoms with E-state index in [0.717, 1.165) is 0 Å². The summed E-state index contributed by atoms with van der Waals surface area (Å²) in [5.74, 6) is -3.96. The first-order valence-electron chi connectivity index (χ1n) is 11.5. The van der Waals surface area contributed by atoms with Crippen molar-refractivity contribution in [3.63, 3.8) is 0 Å². The lowest BCUT2D eigenvalue weighted by molar-refractivity contribution is -0.142. The van der Waals surface area contributed by atoms with Gasteiger partial charge in [0, 0.05) is 6.42 Å². The van der Waals surface area contributed by atoms with Gasteiger partial charge in [-0.1, -0.05) is 42.5 Å². The molecule has 0 aliphatic carbocycles. The maximum Gasteiger partial charge on any atom is 0.326 e. The number of carboxylic acid groups (broad SMARTS) is 1. The third kappa shape index (κ3) is 9.18. The SMILES string of the molecule is CC(O)C(NC(=O)C(N)Cc1ccc(O)cc1)C(=O)NC(CO)C(=O)NC(Cc1ccccc1)C(=O)O. The largest absolute Gasteiger partial charge is 0.508 e. The van der Waals surface area contributed by atoms with Gasteiger partial charge in [0.25, 0.3) is 0 Å². The number of hydrogen-bond acceptors (Lipinski definition) is 8. The Labute approximate surface area is 213 Å². The number of benzene rings is 2. The molecule has 0 aliphatic heterocycles. The Balaban J connectivity index is 2.01. The third-order valence-electron chi connectivity index (χ3n) is 5.50. The van der Waals surface area contributed by atoms with Gasteiger partial charge < -0.3 is 42.1 Å². The molecule has 0 fully saturated rings. The zero-order valence-electron chi connectivity index (χ0n) is 20.2. The van der Waals surface area contributed by atoms with Crippen molar-refractivity contribution in [1.29, 1.82) is 0 Å². The summed E-state index contributed by atoms with van der Waals surface area (Å²) < 4.78 is 0. The van der Waals surface area contributed by atoms with E-state index >= 15 is 0 Å². The van der Waals surface area contributed by atoms with Gasteiger partial charge in [0.1, 0.15) is 23.9 Å². The molecule has 12 nitrogen and oxygen atoms in total. The average Bonchev–Trinajstić information content (AvgIpc) is 2.86. The predicted octanol–water partition coefficient (Wildman–Crippen LogP) is -1.58. The fourth-order valence-corrected chi connectivity index (χ4v) is 3.42. The smallest absolute Gasteiger partial charge is 0.326 e. The van der Waals surface area contributed by atoms with E-state index in [4.69, 9.17) is 5.73 Å². The van der Waals surface area contributed by atoms with Crippen LogP contribution in [0.15, 0.2) is 54.6 Å². The predicted molar refractivity (Wildman–Crippen MR) is 132 cm³/mol. The summed E-state index contributed by atoms with van der Waals surface area (Å²) in [5.41, 5.74) is 7.22. The van der Waals surface area contributed by atoms with Crippen LogP contribution in [0.2, 0.25) is 0 Å². The first kappa shape index (κ1) is 29.2. The molecule has 0 saturated heterocycles. The molecule has 5 unspecified atom stereocenters.